The number of benzene rings is 1. The van der Waals surface area contributed by atoms with Crippen LogP contribution in [0.3, 0.4) is 0 Å². The summed E-state index contributed by atoms with van der Waals surface area (Å²) < 4.78 is 5.53. The molecule has 0 radical (unpaired) electrons. The summed E-state index contributed by atoms with van der Waals surface area (Å²) in [6.07, 6.45) is 2.86. The van der Waals surface area contributed by atoms with Crippen molar-refractivity contribution in [3.05, 3.63) is 51.9 Å². The van der Waals surface area contributed by atoms with E-state index < -0.39 is 0 Å². The van der Waals surface area contributed by atoms with E-state index in [9.17, 15) is 4.79 Å². The van der Waals surface area contributed by atoms with Gasteiger partial charge in [-0.3, -0.25) is 9.69 Å². The topological polar surface area (TPSA) is 58.2 Å². The van der Waals surface area contributed by atoms with Gasteiger partial charge < -0.3 is 9.72 Å². The largest absolute Gasteiger partial charge is 0.380 e. The number of hydrogen-bond acceptors (Lipinski definition) is 4. The number of H-pyrrole nitrogens is 1. The standard InChI is InChI=1S/C19H25N3O2/c1-2-6-16-13-18(23)21-19(20-16)17-8-4-3-7-15(17)14-22-9-5-11-24-12-10-22/h3-4,7-8,13H,2,5-6,9-12,14H2,1H3,(H,20,21,23). The summed E-state index contributed by atoms with van der Waals surface area (Å²) in [6.45, 7) is 6.54. The Labute approximate surface area is 142 Å². The summed E-state index contributed by atoms with van der Waals surface area (Å²) >= 11 is 0. The number of aromatic amines is 1. The highest BCUT2D eigenvalue weighted by atomic mass is 16.5. The van der Waals surface area contributed by atoms with Crippen molar-refractivity contribution < 1.29 is 4.74 Å². The number of ether oxygens (including phenoxy) is 1. The summed E-state index contributed by atoms with van der Waals surface area (Å²) in [5.41, 5.74) is 2.98. The smallest absolute Gasteiger partial charge is 0.251 e. The van der Waals surface area contributed by atoms with Crippen LogP contribution in [-0.2, 0) is 17.7 Å². The Hall–Kier alpha value is -1.98. The van der Waals surface area contributed by atoms with E-state index >= 15 is 0 Å². The second-order valence-corrected chi connectivity index (χ2v) is 6.23. The zero-order valence-electron chi connectivity index (χ0n) is 14.3. The molecular weight excluding hydrogens is 302 g/mol. The van der Waals surface area contributed by atoms with Crippen LogP contribution < -0.4 is 5.56 Å². The number of nitrogens with one attached hydrogen (secondary N) is 1. The van der Waals surface area contributed by atoms with Gasteiger partial charge in [0.25, 0.3) is 5.56 Å². The minimum absolute atomic E-state index is 0.0820. The fraction of sp³-hybridized carbons (Fsp3) is 0.474. The Balaban J connectivity index is 1.90. The van der Waals surface area contributed by atoms with Crippen LogP contribution in [-0.4, -0.2) is 41.2 Å². The first-order valence-electron chi connectivity index (χ1n) is 8.75. The van der Waals surface area contributed by atoms with Gasteiger partial charge in [0, 0.05) is 43.6 Å². The molecule has 1 saturated heterocycles. The number of rotatable bonds is 5. The lowest BCUT2D eigenvalue weighted by atomic mass is 10.1. The van der Waals surface area contributed by atoms with Crippen molar-refractivity contribution in [2.24, 2.45) is 0 Å². The quantitative estimate of drug-likeness (QED) is 0.917. The summed E-state index contributed by atoms with van der Waals surface area (Å²) in [4.78, 5) is 22.0. The van der Waals surface area contributed by atoms with E-state index in [1.165, 1.54) is 5.56 Å². The fourth-order valence-electron chi connectivity index (χ4n) is 3.11. The average molecular weight is 327 g/mol. The molecule has 3 rings (SSSR count). The van der Waals surface area contributed by atoms with Crippen molar-refractivity contribution in [2.75, 3.05) is 26.3 Å². The highest BCUT2D eigenvalue weighted by molar-refractivity contribution is 5.60. The Bertz CT molecular complexity index is 719. The molecule has 1 fully saturated rings. The molecule has 1 aromatic heterocycles. The second kappa shape index (κ2) is 8.22. The van der Waals surface area contributed by atoms with Gasteiger partial charge in [-0.2, -0.15) is 0 Å². The average Bonchev–Trinajstić information content (AvgIpc) is 2.84. The first kappa shape index (κ1) is 16.9. The zero-order valence-corrected chi connectivity index (χ0v) is 14.3. The number of nitrogens with zero attached hydrogens (tertiary/aromatic N) is 2. The number of aromatic nitrogens is 2. The minimum Gasteiger partial charge on any atom is -0.380 e. The van der Waals surface area contributed by atoms with Crippen molar-refractivity contribution in [3.8, 4) is 11.4 Å². The maximum Gasteiger partial charge on any atom is 0.251 e. The van der Waals surface area contributed by atoms with Crippen molar-refractivity contribution in [2.45, 2.75) is 32.7 Å². The first-order chi connectivity index (χ1) is 11.8. The molecule has 1 N–H and O–H groups in total. The molecule has 2 heterocycles. The normalized spacial score (nSPS) is 16.0. The van der Waals surface area contributed by atoms with E-state index in [1.807, 2.05) is 18.2 Å². The Morgan fingerprint density at radius 2 is 2.12 bits per heavy atom. The Kier molecular flexibility index (Phi) is 5.77. The molecule has 1 aromatic carbocycles. The van der Waals surface area contributed by atoms with Gasteiger partial charge >= 0.3 is 0 Å². The van der Waals surface area contributed by atoms with Crippen LogP contribution in [0.5, 0.6) is 0 Å². The predicted octanol–water partition coefficient (Wildman–Crippen LogP) is 2.61. The zero-order chi connectivity index (χ0) is 16.8. The Morgan fingerprint density at radius 1 is 1.25 bits per heavy atom. The van der Waals surface area contributed by atoms with Gasteiger partial charge in [0.05, 0.1) is 6.61 Å². The molecule has 0 bridgehead atoms. The molecule has 5 nitrogen and oxygen atoms in total. The molecule has 5 heteroatoms. The summed E-state index contributed by atoms with van der Waals surface area (Å²) in [5, 5.41) is 0. The maximum atomic E-state index is 12.0. The minimum atomic E-state index is -0.0820. The third-order valence-corrected chi connectivity index (χ3v) is 4.28. The summed E-state index contributed by atoms with van der Waals surface area (Å²) in [7, 11) is 0. The SMILES string of the molecule is CCCc1cc(=O)[nH]c(-c2ccccc2CN2CCCOCC2)n1. The lowest BCUT2D eigenvalue weighted by molar-refractivity contribution is 0.140. The lowest BCUT2D eigenvalue weighted by Gasteiger charge is -2.20. The van der Waals surface area contributed by atoms with Gasteiger partial charge in [0.15, 0.2) is 0 Å². The van der Waals surface area contributed by atoms with Crippen LogP contribution in [0, 0.1) is 0 Å². The molecule has 0 aliphatic carbocycles. The van der Waals surface area contributed by atoms with Crippen molar-refractivity contribution in [3.63, 3.8) is 0 Å². The number of hydrogen-bond donors (Lipinski definition) is 1. The van der Waals surface area contributed by atoms with Crippen LogP contribution in [0.4, 0.5) is 0 Å². The van der Waals surface area contributed by atoms with Gasteiger partial charge in [-0.25, -0.2) is 4.98 Å². The Morgan fingerprint density at radius 3 is 3.00 bits per heavy atom. The second-order valence-electron chi connectivity index (χ2n) is 6.23. The van der Waals surface area contributed by atoms with Gasteiger partial charge in [-0.1, -0.05) is 37.6 Å². The highest BCUT2D eigenvalue weighted by Crippen LogP contribution is 2.21. The number of aryl methyl sites for hydroxylation is 1. The predicted molar refractivity (Wildman–Crippen MR) is 95.0 cm³/mol. The van der Waals surface area contributed by atoms with Crippen LogP contribution in [0.2, 0.25) is 0 Å². The molecule has 2 aromatic rings. The van der Waals surface area contributed by atoms with Gasteiger partial charge in [-0.15, -0.1) is 0 Å². The molecule has 0 amide bonds. The van der Waals surface area contributed by atoms with Crippen LogP contribution in [0.1, 0.15) is 31.0 Å². The van der Waals surface area contributed by atoms with Gasteiger partial charge in [0.2, 0.25) is 0 Å². The van der Waals surface area contributed by atoms with E-state index in [-0.39, 0.29) is 5.56 Å². The van der Waals surface area contributed by atoms with Crippen molar-refractivity contribution in [1.29, 1.82) is 0 Å². The molecule has 1 aliphatic heterocycles. The van der Waals surface area contributed by atoms with E-state index in [4.69, 9.17) is 4.74 Å². The summed E-state index contributed by atoms with van der Waals surface area (Å²) in [5.74, 6) is 0.674. The van der Waals surface area contributed by atoms with Crippen molar-refractivity contribution >= 4 is 0 Å². The maximum absolute atomic E-state index is 12.0. The van der Waals surface area contributed by atoms with Crippen LogP contribution in [0.15, 0.2) is 35.1 Å². The fourth-order valence-corrected chi connectivity index (χ4v) is 3.11. The molecule has 0 unspecified atom stereocenters. The van der Waals surface area contributed by atoms with Crippen molar-refractivity contribution in [1.82, 2.24) is 14.9 Å². The third-order valence-electron chi connectivity index (χ3n) is 4.28. The summed E-state index contributed by atoms with van der Waals surface area (Å²) in [6, 6.07) is 9.80. The molecular formula is C19H25N3O2. The van der Waals surface area contributed by atoms with Crippen LogP contribution >= 0.6 is 0 Å². The molecule has 128 valence electrons. The van der Waals surface area contributed by atoms with E-state index in [0.717, 1.165) is 63.4 Å². The third kappa shape index (κ3) is 4.30. The van der Waals surface area contributed by atoms with Gasteiger partial charge in [0.1, 0.15) is 5.82 Å². The van der Waals surface area contributed by atoms with E-state index in [2.05, 4.69) is 27.9 Å². The molecule has 24 heavy (non-hydrogen) atoms. The molecule has 0 saturated carbocycles. The highest BCUT2D eigenvalue weighted by Gasteiger charge is 2.14. The van der Waals surface area contributed by atoms with Crippen LogP contribution in [0.25, 0.3) is 11.4 Å². The molecule has 0 atom stereocenters. The lowest BCUT2D eigenvalue weighted by Crippen LogP contribution is -2.26. The first-order valence-corrected chi connectivity index (χ1v) is 8.75. The van der Waals surface area contributed by atoms with Gasteiger partial charge in [-0.05, 0) is 18.4 Å². The van der Waals surface area contributed by atoms with E-state index in [1.54, 1.807) is 6.07 Å². The molecule has 1 aliphatic rings. The molecule has 0 spiro atoms. The van der Waals surface area contributed by atoms with E-state index in [0.29, 0.717) is 5.82 Å². The monoisotopic (exact) mass is 327 g/mol.